The molecule has 0 amide bonds. The van der Waals surface area contributed by atoms with E-state index in [2.05, 4.69) is 28.2 Å². The second-order valence-electron chi connectivity index (χ2n) is 5.20. The molecule has 3 heteroatoms. The molecule has 1 N–H and O–H groups in total. The fourth-order valence-corrected chi connectivity index (χ4v) is 2.64. The molecule has 1 aromatic rings. The van der Waals surface area contributed by atoms with Gasteiger partial charge in [0.1, 0.15) is 5.82 Å². The molecule has 0 heterocycles. The fourth-order valence-electron chi connectivity index (χ4n) is 2.24. The van der Waals surface area contributed by atoms with Gasteiger partial charge in [-0.05, 0) is 65.4 Å². The molecule has 0 saturated heterocycles. The Hall–Kier alpha value is -0.410. The SMILES string of the molecule is CCCNC(CCC1CC1)c1ccc(F)c(Br)c1. The standard InChI is InChI=1S/C15H21BrFN/c1-2-9-18-15(8-5-11-3-4-11)12-6-7-14(17)13(16)10-12/h6-7,10-11,15,18H,2-5,8-9H2,1H3. The Morgan fingerprint density at radius 2 is 2.22 bits per heavy atom. The quantitative estimate of drug-likeness (QED) is 0.761. The Kier molecular flexibility index (Phi) is 5.19. The van der Waals surface area contributed by atoms with Gasteiger partial charge in [0.05, 0.1) is 4.47 Å². The van der Waals surface area contributed by atoms with E-state index in [1.54, 1.807) is 6.07 Å². The van der Waals surface area contributed by atoms with Crippen molar-refractivity contribution in [1.82, 2.24) is 5.32 Å². The smallest absolute Gasteiger partial charge is 0.137 e. The average Bonchev–Trinajstić information content (AvgIpc) is 3.17. The van der Waals surface area contributed by atoms with Gasteiger partial charge in [0.15, 0.2) is 0 Å². The van der Waals surface area contributed by atoms with Gasteiger partial charge in [-0.1, -0.05) is 25.8 Å². The van der Waals surface area contributed by atoms with Gasteiger partial charge in [0.25, 0.3) is 0 Å². The van der Waals surface area contributed by atoms with Crippen molar-refractivity contribution in [3.8, 4) is 0 Å². The molecule has 1 fully saturated rings. The predicted molar refractivity (Wildman–Crippen MR) is 77.1 cm³/mol. The largest absolute Gasteiger partial charge is 0.310 e. The second-order valence-corrected chi connectivity index (χ2v) is 6.06. The maximum Gasteiger partial charge on any atom is 0.137 e. The Balaban J connectivity index is 2.01. The number of halogens is 2. The maximum atomic E-state index is 13.3. The van der Waals surface area contributed by atoms with E-state index in [0.717, 1.165) is 25.3 Å². The second kappa shape index (κ2) is 6.67. The van der Waals surface area contributed by atoms with E-state index in [1.807, 2.05) is 12.1 Å². The summed E-state index contributed by atoms with van der Waals surface area (Å²) in [6.07, 6.45) is 6.36. The van der Waals surface area contributed by atoms with Crippen LogP contribution in [0.2, 0.25) is 0 Å². The van der Waals surface area contributed by atoms with Gasteiger partial charge in [-0.15, -0.1) is 0 Å². The molecule has 2 rings (SSSR count). The van der Waals surface area contributed by atoms with E-state index in [4.69, 9.17) is 0 Å². The summed E-state index contributed by atoms with van der Waals surface area (Å²) in [4.78, 5) is 0. The van der Waals surface area contributed by atoms with Crippen LogP contribution in [0.25, 0.3) is 0 Å². The fraction of sp³-hybridized carbons (Fsp3) is 0.600. The summed E-state index contributed by atoms with van der Waals surface area (Å²) in [6, 6.07) is 5.73. The van der Waals surface area contributed by atoms with Gasteiger partial charge in [-0.25, -0.2) is 4.39 Å². The molecule has 1 aliphatic carbocycles. The van der Waals surface area contributed by atoms with E-state index in [9.17, 15) is 4.39 Å². The van der Waals surface area contributed by atoms with Crippen LogP contribution in [0.5, 0.6) is 0 Å². The van der Waals surface area contributed by atoms with Crippen molar-refractivity contribution in [1.29, 1.82) is 0 Å². The van der Waals surface area contributed by atoms with Crippen molar-refractivity contribution < 1.29 is 4.39 Å². The van der Waals surface area contributed by atoms with Gasteiger partial charge in [0.2, 0.25) is 0 Å². The number of benzene rings is 1. The minimum Gasteiger partial charge on any atom is -0.310 e. The van der Waals surface area contributed by atoms with E-state index < -0.39 is 0 Å². The summed E-state index contributed by atoms with van der Waals surface area (Å²) in [5.41, 5.74) is 1.19. The molecule has 0 radical (unpaired) electrons. The van der Waals surface area contributed by atoms with Crippen molar-refractivity contribution in [3.63, 3.8) is 0 Å². The maximum absolute atomic E-state index is 13.3. The highest BCUT2D eigenvalue weighted by atomic mass is 79.9. The molecule has 1 aliphatic rings. The Morgan fingerprint density at radius 1 is 1.44 bits per heavy atom. The van der Waals surface area contributed by atoms with Crippen molar-refractivity contribution in [2.75, 3.05) is 6.54 Å². The lowest BCUT2D eigenvalue weighted by molar-refractivity contribution is 0.469. The van der Waals surface area contributed by atoms with Gasteiger partial charge in [-0.3, -0.25) is 0 Å². The van der Waals surface area contributed by atoms with Gasteiger partial charge < -0.3 is 5.32 Å². The molecular weight excluding hydrogens is 293 g/mol. The summed E-state index contributed by atoms with van der Waals surface area (Å²) in [5, 5.41) is 3.57. The molecular formula is C15H21BrFN. The first-order chi connectivity index (χ1) is 8.70. The molecule has 0 bridgehead atoms. The Bertz CT molecular complexity index is 390. The summed E-state index contributed by atoms with van der Waals surface area (Å²) in [7, 11) is 0. The van der Waals surface area contributed by atoms with Crippen molar-refractivity contribution in [3.05, 3.63) is 34.1 Å². The monoisotopic (exact) mass is 313 g/mol. The summed E-state index contributed by atoms with van der Waals surface area (Å²) in [5.74, 6) is 0.759. The molecule has 1 unspecified atom stereocenters. The van der Waals surface area contributed by atoms with E-state index in [0.29, 0.717) is 10.5 Å². The molecule has 0 spiro atoms. The Labute approximate surface area is 117 Å². The molecule has 0 aromatic heterocycles. The molecule has 1 nitrogen and oxygen atoms in total. The summed E-state index contributed by atoms with van der Waals surface area (Å²) in [6.45, 7) is 3.19. The first-order valence-electron chi connectivity index (χ1n) is 6.89. The van der Waals surface area contributed by atoms with E-state index in [-0.39, 0.29) is 5.82 Å². The van der Waals surface area contributed by atoms with Crippen LogP contribution in [0, 0.1) is 11.7 Å². The lowest BCUT2D eigenvalue weighted by Crippen LogP contribution is -2.22. The third-order valence-corrected chi connectivity index (χ3v) is 4.15. The van der Waals surface area contributed by atoms with Crippen molar-refractivity contribution >= 4 is 15.9 Å². The van der Waals surface area contributed by atoms with E-state index >= 15 is 0 Å². The minimum atomic E-state index is -0.185. The van der Waals surface area contributed by atoms with Crippen LogP contribution in [0.1, 0.15) is 50.6 Å². The summed E-state index contributed by atoms with van der Waals surface area (Å²) < 4.78 is 13.8. The molecule has 0 aliphatic heterocycles. The lowest BCUT2D eigenvalue weighted by Gasteiger charge is -2.19. The van der Waals surface area contributed by atoms with Crippen LogP contribution < -0.4 is 5.32 Å². The lowest BCUT2D eigenvalue weighted by atomic mass is 10.0. The summed E-state index contributed by atoms with van der Waals surface area (Å²) >= 11 is 3.27. The van der Waals surface area contributed by atoms with Crippen LogP contribution >= 0.6 is 15.9 Å². The first-order valence-corrected chi connectivity index (χ1v) is 7.68. The zero-order chi connectivity index (χ0) is 13.0. The highest BCUT2D eigenvalue weighted by Crippen LogP contribution is 2.36. The van der Waals surface area contributed by atoms with Gasteiger partial charge >= 0.3 is 0 Å². The highest BCUT2D eigenvalue weighted by molar-refractivity contribution is 9.10. The zero-order valence-electron chi connectivity index (χ0n) is 10.9. The van der Waals surface area contributed by atoms with Gasteiger partial charge in [-0.2, -0.15) is 0 Å². The molecule has 1 atom stereocenters. The minimum absolute atomic E-state index is 0.185. The molecule has 1 aromatic carbocycles. The van der Waals surface area contributed by atoms with Crippen LogP contribution in [0.3, 0.4) is 0 Å². The number of nitrogens with one attached hydrogen (secondary N) is 1. The first kappa shape index (κ1) is 14.0. The van der Waals surface area contributed by atoms with Crippen LogP contribution in [0.15, 0.2) is 22.7 Å². The van der Waals surface area contributed by atoms with Crippen LogP contribution in [0.4, 0.5) is 4.39 Å². The molecule has 100 valence electrons. The van der Waals surface area contributed by atoms with Crippen molar-refractivity contribution in [2.45, 2.75) is 45.1 Å². The zero-order valence-corrected chi connectivity index (χ0v) is 12.5. The third-order valence-electron chi connectivity index (χ3n) is 3.55. The highest BCUT2D eigenvalue weighted by Gasteiger charge is 2.23. The normalized spacial score (nSPS) is 16.8. The molecule has 18 heavy (non-hydrogen) atoms. The van der Waals surface area contributed by atoms with E-state index in [1.165, 1.54) is 24.8 Å². The average molecular weight is 314 g/mol. The van der Waals surface area contributed by atoms with Crippen molar-refractivity contribution in [2.24, 2.45) is 5.92 Å². The Morgan fingerprint density at radius 3 is 2.83 bits per heavy atom. The molecule has 1 saturated carbocycles. The van der Waals surface area contributed by atoms with Crippen LogP contribution in [-0.2, 0) is 0 Å². The van der Waals surface area contributed by atoms with Crippen LogP contribution in [-0.4, -0.2) is 6.54 Å². The van der Waals surface area contributed by atoms with Gasteiger partial charge in [0, 0.05) is 6.04 Å². The third kappa shape index (κ3) is 4.06. The predicted octanol–water partition coefficient (Wildman–Crippen LogP) is 4.82. The number of hydrogen-bond donors (Lipinski definition) is 1. The number of hydrogen-bond acceptors (Lipinski definition) is 1. The number of rotatable bonds is 7. The topological polar surface area (TPSA) is 12.0 Å².